The second kappa shape index (κ2) is 8.34. The van der Waals surface area contributed by atoms with Crippen LogP contribution in [0.2, 0.25) is 0 Å². The van der Waals surface area contributed by atoms with Crippen molar-refractivity contribution in [1.29, 1.82) is 0 Å². The van der Waals surface area contributed by atoms with E-state index in [1.807, 2.05) is 0 Å². The van der Waals surface area contributed by atoms with Crippen molar-refractivity contribution in [3.63, 3.8) is 0 Å². The Kier molecular flexibility index (Phi) is 5.43. The van der Waals surface area contributed by atoms with Crippen LogP contribution in [0.5, 0.6) is 0 Å². The Balaban J connectivity index is 1.53. The zero-order chi connectivity index (χ0) is 22.0. The molecule has 12 heteroatoms. The molecule has 10 nitrogen and oxygen atoms in total. The molecule has 3 heterocycles. The number of alkyl carbamates (subject to hydrolysis) is 1. The van der Waals surface area contributed by atoms with Gasteiger partial charge in [0.2, 0.25) is 0 Å². The van der Waals surface area contributed by atoms with Crippen LogP contribution in [0, 0.1) is 11.6 Å². The highest BCUT2D eigenvalue weighted by Gasteiger charge is 2.34. The minimum Gasteiger partial charge on any atom is -0.446 e. The normalized spacial score (nSPS) is 15.6. The van der Waals surface area contributed by atoms with E-state index in [1.54, 1.807) is 6.07 Å². The summed E-state index contributed by atoms with van der Waals surface area (Å²) in [6.07, 6.45) is 1.86. The molecule has 1 aliphatic heterocycles. The molecule has 1 aliphatic rings. The van der Waals surface area contributed by atoms with Crippen molar-refractivity contribution in [3.8, 4) is 16.9 Å². The third-order valence-corrected chi connectivity index (χ3v) is 4.51. The number of carbonyl (C=O) groups excluding carboxylic acids is 2. The van der Waals surface area contributed by atoms with Gasteiger partial charge in [0.05, 0.1) is 17.8 Å². The molecule has 0 unspecified atom stereocenters. The van der Waals surface area contributed by atoms with Crippen molar-refractivity contribution < 1.29 is 27.8 Å². The Hall–Kier alpha value is -4.09. The first-order valence-electron chi connectivity index (χ1n) is 9.09. The molecule has 31 heavy (non-hydrogen) atoms. The molecule has 1 N–H and O–H groups in total. The van der Waals surface area contributed by atoms with Crippen molar-refractivity contribution in [2.24, 2.45) is 0 Å². The second-order valence-corrected chi connectivity index (χ2v) is 6.49. The SMILES string of the molecule is CNC(=O)OC[C@@H]1CN(c2cc(F)c(-c3ccc(-n4cncn4)nc3)c(F)c2)C(=O)O1. The number of halogens is 2. The Bertz CT molecular complexity index is 1080. The van der Waals surface area contributed by atoms with E-state index in [9.17, 15) is 18.4 Å². The molecule has 0 radical (unpaired) electrons. The van der Waals surface area contributed by atoms with Gasteiger partial charge < -0.3 is 14.8 Å². The molecule has 1 saturated heterocycles. The van der Waals surface area contributed by atoms with Gasteiger partial charge in [0.25, 0.3) is 0 Å². The van der Waals surface area contributed by atoms with Crippen LogP contribution < -0.4 is 10.2 Å². The summed E-state index contributed by atoms with van der Waals surface area (Å²) < 4.78 is 40.9. The number of aromatic nitrogens is 4. The third-order valence-electron chi connectivity index (χ3n) is 4.51. The summed E-state index contributed by atoms with van der Waals surface area (Å²) in [5, 5.41) is 6.20. The highest BCUT2D eigenvalue weighted by Crippen LogP contribution is 2.32. The van der Waals surface area contributed by atoms with Crippen molar-refractivity contribution in [2.75, 3.05) is 25.1 Å². The lowest BCUT2D eigenvalue weighted by atomic mass is 10.1. The molecule has 2 amide bonds. The van der Waals surface area contributed by atoms with Crippen LogP contribution in [0.25, 0.3) is 16.9 Å². The molecule has 2 aromatic heterocycles. The maximum absolute atomic E-state index is 14.8. The number of cyclic esters (lactones) is 1. The fourth-order valence-corrected chi connectivity index (χ4v) is 3.05. The van der Waals surface area contributed by atoms with Crippen LogP contribution in [-0.2, 0) is 9.47 Å². The summed E-state index contributed by atoms with van der Waals surface area (Å²) in [6, 6.07) is 5.12. The Labute approximate surface area is 174 Å². The number of carbonyl (C=O) groups is 2. The van der Waals surface area contributed by atoms with Crippen molar-refractivity contribution in [2.45, 2.75) is 6.10 Å². The number of benzene rings is 1. The number of nitrogens with zero attached hydrogens (tertiary/aromatic N) is 5. The summed E-state index contributed by atoms with van der Waals surface area (Å²) in [6.45, 7) is -0.211. The highest BCUT2D eigenvalue weighted by molar-refractivity contribution is 5.90. The zero-order valence-electron chi connectivity index (χ0n) is 16.2. The molecule has 4 rings (SSSR count). The molecular weight excluding hydrogens is 414 g/mol. The maximum atomic E-state index is 14.8. The molecule has 0 spiro atoms. The summed E-state index contributed by atoms with van der Waals surface area (Å²) in [7, 11) is 1.39. The molecule has 1 aromatic carbocycles. The molecular formula is C19H16F2N6O4. The second-order valence-electron chi connectivity index (χ2n) is 6.49. The predicted molar refractivity (Wildman–Crippen MR) is 103 cm³/mol. The molecule has 0 saturated carbocycles. The molecule has 0 aliphatic carbocycles. The quantitative estimate of drug-likeness (QED) is 0.661. The van der Waals surface area contributed by atoms with Crippen molar-refractivity contribution in [3.05, 3.63) is 54.8 Å². The van der Waals surface area contributed by atoms with Crippen LogP contribution >= 0.6 is 0 Å². The van der Waals surface area contributed by atoms with Crippen LogP contribution in [0.15, 0.2) is 43.1 Å². The van der Waals surface area contributed by atoms with Gasteiger partial charge in [0, 0.05) is 18.8 Å². The van der Waals surface area contributed by atoms with Crippen molar-refractivity contribution in [1.82, 2.24) is 25.1 Å². The van der Waals surface area contributed by atoms with Gasteiger partial charge in [0.1, 0.15) is 30.9 Å². The summed E-state index contributed by atoms with van der Waals surface area (Å²) >= 11 is 0. The van der Waals surface area contributed by atoms with Gasteiger partial charge in [-0.05, 0) is 24.3 Å². The van der Waals surface area contributed by atoms with Gasteiger partial charge in [-0.25, -0.2) is 33.0 Å². The Morgan fingerprint density at radius 3 is 2.71 bits per heavy atom. The number of hydrogen-bond acceptors (Lipinski definition) is 7. The van der Waals surface area contributed by atoms with Gasteiger partial charge in [-0.1, -0.05) is 0 Å². The van der Waals surface area contributed by atoms with Crippen LogP contribution in [0.3, 0.4) is 0 Å². The highest BCUT2D eigenvalue weighted by atomic mass is 19.1. The fraction of sp³-hybridized carbons (Fsp3) is 0.211. The summed E-state index contributed by atoms with van der Waals surface area (Å²) in [5.41, 5.74) is -0.0851. The van der Waals surface area contributed by atoms with E-state index in [-0.39, 0.29) is 30.0 Å². The Morgan fingerprint density at radius 2 is 2.10 bits per heavy atom. The van der Waals surface area contributed by atoms with E-state index in [2.05, 4.69) is 20.4 Å². The van der Waals surface area contributed by atoms with Crippen LogP contribution in [0.4, 0.5) is 24.1 Å². The third kappa shape index (κ3) is 4.13. The molecule has 160 valence electrons. The van der Waals surface area contributed by atoms with E-state index >= 15 is 0 Å². The van der Waals surface area contributed by atoms with Gasteiger partial charge in [-0.3, -0.25) is 4.90 Å². The van der Waals surface area contributed by atoms with E-state index in [4.69, 9.17) is 9.47 Å². The smallest absolute Gasteiger partial charge is 0.414 e. The lowest BCUT2D eigenvalue weighted by molar-refractivity contribution is 0.0745. The fourth-order valence-electron chi connectivity index (χ4n) is 3.05. The average molecular weight is 430 g/mol. The van der Waals surface area contributed by atoms with Crippen LogP contribution in [-0.4, -0.2) is 58.2 Å². The average Bonchev–Trinajstić information content (AvgIpc) is 3.42. The predicted octanol–water partition coefficient (Wildman–Crippen LogP) is 2.29. The van der Waals surface area contributed by atoms with Gasteiger partial charge >= 0.3 is 12.2 Å². The first kappa shape index (κ1) is 20.2. The number of ether oxygens (including phenoxy) is 2. The number of rotatable bonds is 5. The molecule has 1 atom stereocenters. The lowest BCUT2D eigenvalue weighted by Crippen LogP contribution is -2.28. The first-order chi connectivity index (χ1) is 15.0. The molecule has 1 fully saturated rings. The van der Waals surface area contributed by atoms with Crippen LogP contribution in [0.1, 0.15) is 0 Å². The molecule has 3 aromatic rings. The summed E-state index contributed by atoms with van der Waals surface area (Å²) in [4.78, 5) is 32.3. The van der Waals surface area contributed by atoms with E-state index in [0.717, 1.165) is 17.0 Å². The maximum Gasteiger partial charge on any atom is 0.414 e. The van der Waals surface area contributed by atoms with E-state index in [1.165, 1.54) is 36.6 Å². The first-order valence-corrected chi connectivity index (χ1v) is 9.09. The number of amides is 2. The minimum atomic E-state index is -0.872. The standard InChI is InChI=1S/C19H16F2N6O4/c1-22-18(28)30-8-13-7-26(19(29)31-13)12-4-14(20)17(15(21)5-12)11-2-3-16(24-6-11)27-10-23-9-25-27/h2-6,9-10,13H,7-8H2,1H3,(H,22,28)/t13-/m0/s1. The van der Waals surface area contributed by atoms with Gasteiger partial charge in [0.15, 0.2) is 11.9 Å². The number of pyridine rings is 1. The van der Waals surface area contributed by atoms with Gasteiger partial charge in [-0.15, -0.1) is 0 Å². The summed E-state index contributed by atoms with van der Waals surface area (Å²) in [5.74, 6) is -1.31. The Morgan fingerprint density at radius 1 is 1.32 bits per heavy atom. The topological polar surface area (TPSA) is 111 Å². The van der Waals surface area contributed by atoms with E-state index in [0.29, 0.717) is 5.82 Å². The number of hydrogen-bond donors (Lipinski definition) is 1. The lowest BCUT2D eigenvalue weighted by Gasteiger charge is -2.15. The largest absolute Gasteiger partial charge is 0.446 e. The van der Waals surface area contributed by atoms with Gasteiger partial charge in [-0.2, -0.15) is 5.10 Å². The number of anilines is 1. The van der Waals surface area contributed by atoms with E-state index < -0.39 is 29.9 Å². The minimum absolute atomic E-state index is 0.0154. The monoisotopic (exact) mass is 430 g/mol. The zero-order valence-corrected chi connectivity index (χ0v) is 16.2. The molecule has 0 bridgehead atoms. The number of nitrogens with one attached hydrogen (secondary N) is 1. The van der Waals surface area contributed by atoms with Crippen molar-refractivity contribution >= 4 is 17.9 Å².